The Morgan fingerprint density at radius 3 is 2.71 bits per heavy atom. The van der Waals surface area contributed by atoms with E-state index in [-0.39, 0.29) is 11.7 Å². The maximum atomic E-state index is 12.6. The summed E-state index contributed by atoms with van der Waals surface area (Å²) in [6.07, 6.45) is 2.22. The molecule has 0 radical (unpaired) electrons. The third-order valence-electron chi connectivity index (χ3n) is 4.03. The molecule has 5 nitrogen and oxygen atoms in total. The van der Waals surface area contributed by atoms with Gasteiger partial charge in [0.15, 0.2) is 11.5 Å². The van der Waals surface area contributed by atoms with Crippen LogP contribution < -0.4 is 10.1 Å². The van der Waals surface area contributed by atoms with E-state index in [2.05, 4.69) is 5.32 Å². The molecule has 2 rings (SSSR count). The van der Waals surface area contributed by atoms with Gasteiger partial charge in [-0.2, -0.15) is 0 Å². The number of aromatic hydroxyl groups is 1. The van der Waals surface area contributed by atoms with E-state index in [4.69, 9.17) is 4.74 Å². The molecule has 1 aromatic rings. The summed E-state index contributed by atoms with van der Waals surface area (Å²) in [5.74, 6) is 0.908. The Morgan fingerprint density at radius 2 is 2.14 bits per heavy atom. The fourth-order valence-corrected chi connectivity index (χ4v) is 2.74. The minimum atomic E-state index is -0.0333. The summed E-state index contributed by atoms with van der Waals surface area (Å²) in [5.41, 5.74) is 0.504. The van der Waals surface area contributed by atoms with Crippen LogP contribution in [-0.2, 0) is 0 Å². The second-order valence-electron chi connectivity index (χ2n) is 5.42. The van der Waals surface area contributed by atoms with E-state index in [1.54, 1.807) is 12.1 Å². The molecule has 1 aromatic carbocycles. The molecule has 0 aliphatic carbocycles. The normalized spacial score (nSPS) is 15.7. The quantitative estimate of drug-likeness (QED) is 0.869. The van der Waals surface area contributed by atoms with Crippen LogP contribution in [0.1, 0.15) is 30.1 Å². The highest BCUT2D eigenvalue weighted by Gasteiger charge is 2.21. The minimum absolute atomic E-state index is 0.00118. The predicted octanol–water partition coefficient (Wildman–Crippen LogP) is 1.86. The maximum absolute atomic E-state index is 12.6. The van der Waals surface area contributed by atoms with Gasteiger partial charge in [-0.05, 0) is 57.0 Å². The van der Waals surface area contributed by atoms with Gasteiger partial charge >= 0.3 is 0 Å². The van der Waals surface area contributed by atoms with Crippen LogP contribution >= 0.6 is 0 Å². The number of nitrogens with zero attached hydrogens (tertiary/aromatic N) is 1. The van der Waals surface area contributed by atoms with Crippen molar-refractivity contribution in [3.05, 3.63) is 23.8 Å². The summed E-state index contributed by atoms with van der Waals surface area (Å²) in [6.45, 7) is 5.50. The molecule has 5 heteroatoms. The van der Waals surface area contributed by atoms with Crippen LogP contribution in [0.2, 0.25) is 0 Å². The van der Waals surface area contributed by atoms with E-state index < -0.39 is 0 Å². The topological polar surface area (TPSA) is 61.8 Å². The Labute approximate surface area is 125 Å². The maximum Gasteiger partial charge on any atom is 0.253 e. The number of benzene rings is 1. The monoisotopic (exact) mass is 292 g/mol. The van der Waals surface area contributed by atoms with Crippen molar-refractivity contribution < 1.29 is 14.6 Å². The number of methoxy groups -OCH3 is 1. The minimum Gasteiger partial charge on any atom is -0.504 e. The van der Waals surface area contributed by atoms with Crippen LogP contribution in [0, 0.1) is 5.92 Å². The molecular weight excluding hydrogens is 268 g/mol. The lowest BCUT2D eigenvalue weighted by Crippen LogP contribution is -2.39. The van der Waals surface area contributed by atoms with E-state index in [1.165, 1.54) is 13.2 Å². The van der Waals surface area contributed by atoms with E-state index in [9.17, 15) is 9.90 Å². The molecule has 0 atom stereocenters. The molecule has 0 aromatic heterocycles. The van der Waals surface area contributed by atoms with Crippen molar-refractivity contribution in [1.29, 1.82) is 0 Å². The summed E-state index contributed by atoms with van der Waals surface area (Å²) in [5, 5.41) is 13.1. The van der Waals surface area contributed by atoms with Crippen molar-refractivity contribution >= 4 is 5.91 Å². The fourth-order valence-electron chi connectivity index (χ4n) is 2.74. The van der Waals surface area contributed by atoms with E-state index in [0.717, 1.165) is 32.5 Å². The summed E-state index contributed by atoms with van der Waals surface area (Å²) < 4.78 is 5.01. The number of amides is 1. The van der Waals surface area contributed by atoms with Crippen LogP contribution in [0.3, 0.4) is 0 Å². The van der Waals surface area contributed by atoms with Gasteiger partial charge in [0.1, 0.15) is 0 Å². The number of hydrogen-bond acceptors (Lipinski definition) is 4. The second-order valence-corrected chi connectivity index (χ2v) is 5.42. The zero-order valence-corrected chi connectivity index (χ0v) is 12.8. The zero-order valence-electron chi connectivity index (χ0n) is 12.8. The van der Waals surface area contributed by atoms with Gasteiger partial charge in [0, 0.05) is 18.7 Å². The summed E-state index contributed by atoms with van der Waals surface area (Å²) in [6, 6.07) is 4.80. The molecule has 1 amide bonds. The Bertz CT molecular complexity index is 484. The standard InChI is InChI=1S/C16H24N2O3/c1-3-18(11-12-6-8-17-9-7-12)16(20)13-4-5-15(21-2)14(19)10-13/h4-5,10,12,17,19H,3,6-9,11H2,1-2H3. The molecule has 1 aliphatic rings. The third kappa shape index (κ3) is 3.88. The average Bonchev–Trinajstić information content (AvgIpc) is 2.53. The smallest absolute Gasteiger partial charge is 0.253 e. The van der Waals surface area contributed by atoms with Gasteiger partial charge in [0.05, 0.1) is 7.11 Å². The van der Waals surface area contributed by atoms with Gasteiger partial charge in [0.2, 0.25) is 0 Å². The van der Waals surface area contributed by atoms with Gasteiger partial charge in [-0.1, -0.05) is 0 Å². The lowest BCUT2D eigenvalue weighted by molar-refractivity contribution is 0.0726. The highest BCUT2D eigenvalue weighted by Crippen LogP contribution is 2.27. The Kier molecular flexibility index (Phi) is 5.44. The van der Waals surface area contributed by atoms with Gasteiger partial charge in [0.25, 0.3) is 5.91 Å². The summed E-state index contributed by atoms with van der Waals surface area (Å²) in [7, 11) is 1.49. The van der Waals surface area contributed by atoms with Gasteiger partial charge < -0.3 is 20.1 Å². The van der Waals surface area contributed by atoms with Crippen LogP contribution in [-0.4, -0.2) is 49.2 Å². The number of carbonyl (C=O) groups is 1. The SMILES string of the molecule is CCN(CC1CCNCC1)C(=O)c1ccc(OC)c(O)c1. The van der Waals surface area contributed by atoms with Crippen molar-refractivity contribution in [2.24, 2.45) is 5.92 Å². The Balaban J connectivity index is 2.06. The first kappa shape index (κ1) is 15.6. The number of carbonyl (C=O) groups excluding carboxylic acids is 1. The Morgan fingerprint density at radius 1 is 1.43 bits per heavy atom. The molecule has 1 heterocycles. The van der Waals surface area contributed by atoms with Crippen molar-refractivity contribution in [1.82, 2.24) is 10.2 Å². The molecule has 2 N–H and O–H groups in total. The first-order valence-corrected chi connectivity index (χ1v) is 7.52. The number of nitrogens with one attached hydrogen (secondary N) is 1. The van der Waals surface area contributed by atoms with E-state index in [1.807, 2.05) is 11.8 Å². The van der Waals surface area contributed by atoms with Crippen LogP contribution in [0.4, 0.5) is 0 Å². The van der Waals surface area contributed by atoms with Crippen molar-refractivity contribution in [2.45, 2.75) is 19.8 Å². The molecule has 1 fully saturated rings. The van der Waals surface area contributed by atoms with Gasteiger partial charge in [-0.25, -0.2) is 0 Å². The Hall–Kier alpha value is -1.75. The molecule has 21 heavy (non-hydrogen) atoms. The van der Waals surface area contributed by atoms with Gasteiger partial charge in [-0.15, -0.1) is 0 Å². The van der Waals surface area contributed by atoms with Crippen LogP contribution in [0.25, 0.3) is 0 Å². The number of piperidine rings is 1. The molecule has 0 saturated carbocycles. The lowest BCUT2D eigenvalue weighted by atomic mass is 9.97. The second kappa shape index (κ2) is 7.31. The average molecular weight is 292 g/mol. The molecule has 0 bridgehead atoms. The number of phenolic OH excluding ortho intramolecular Hbond substituents is 1. The zero-order chi connectivity index (χ0) is 15.2. The highest BCUT2D eigenvalue weighted by molar-refractivity contribution is 5.94. The molecule has 1 aliphatic heterocycles. The molecule has 116 valence electrons. The molecule has 1 saturated heterocycles. The highest BCUT2D eigenvalue weighted by atomic mass is 16.5. The van der Waals surface area contributed by atoms with Crippen molar-refractivity contribution in [2.75, 3.05) is 33.3 Å². The largest absolute Gasteiger partial charge is 0.504 e. The third-order valence-corrected chi connectivity index (χ3v) is 4.03. The number of rotatable bonds is 5. The van der Waals surface area contributed by atoms with Crippen LogP contribution in [0.15, 0.2) is 18.2 Å². The van der Waals surface area contributed by atoms with E-state index in [0.29, 0.717) is 23.8 Å². The first-order valence-electron chi connectivity index (χ1n) is 7.52. The van der Waals surface area contributed by atoms with E-state index >= 15 is 0 Å². The molecule has 0 spiro atoms. The summed E-state index contributed by atoms with van der Waals surface area (Å²) >= 11 is 0. The molecule has 0 unspecified atom stereocenters. The summed E-state index contributed by atoms with van der Waals surface area (Å²) in [4.78, 5) is 14.4. The number of hydrogen-bond donors (Lipinski definition) is 2. The molecular formula is C16H24N2O3. The fraction of sp³-hybridized carbons (Fsp3) is 0.562. The van der Waals surface area contributed by atoms with Crippen molar-refractivity contribution in [3.63, 3.8) is 0 Å². The van der Waals surface area contributed by atoms with Gasteiger partial charge in [-0.3, -0.25) is 4.79 Å². The predicted molar refractivity (Wildman–Crippen MR) is 81.8 cm³/mol. The number of ether oxygens (including phenoxy) is 1. The lowest BCUT2D eigenvalue weighted by Gasteiger charge is -2.29. The number of phenols is 1. The van der Waals surface area contributed by atoms with Crippen molar-refractivity contribution in [3.8, 4) is 11.5 Å². The first-order chi connectivity index (χ1) is 10.2. The van der Waals surface area contributed by atoms with Crippen LogP contribution in [0.5, 0.6) is 11.5 Å².